The summed E-state index contributed by atoms with van der Waals surface area (Å²) in [5.41, 5.74) is 3.34. The molecule has 1 N–H and O–H groups in total. The van der Waals surface area contributed by atoms with Crippen LogP contribution in [0.5, 0.6) is 5.75 Å². The number of furan rings is 1. The molecule has 0 spiro atoms. The molecule has 2 aromatic heterocycles. The van der Waals surface area contributed by atoms with Gasteiger partial charge in [0.05, 0.1) is 11.8 Å². The topological polar surface area (TPSA) is 92.9 Å². The largest absolute Gasteiger partial charge is 0.507 e. The molecule has 1 aliphatic rings. The number of amides is 1. The lowest BCUT2D eigenvalue weighted by atomic mass is 9.99. The molecule has 0 saturated carbocycles. The molecule has 1 unspecified atom stereocenters. The Morgan fingerprint density at radius 1 is 1.03 bits per heavy atom. The van der Waals surface area contributed by atoms with Gasteiger partial charge in [-0.2, -0.15) is 0 Å². The molecule has 1 atom stereocenters. The Balaban J connectivity index is 1.43. The van der Waals surface area contributed by atoms with Crippen molar-refractivity contribution < 1.29 is 23.8 Å². The summed E-state index contributed by atoms with van der Waals surface area (Å²) in [7, 11) is 0. The predicted molar refractivity (Wildman–Crippen MR) is 133 cm³/mol. The summed E-state index contributed by atoms with van der Waals surface area (Å²) in [4.78, 5) is 31.6. The van der Waals surface area contributed by atoms with Gasteiger partial charge in [0.25, 0.3) is 11.7 Å². The smallest absolute Gasteiger partial charge is 0.296 e. The third-order valence-electron chi connectivity index (χ3n) is 6.04. The van der Waals surface area contributed by atoms with Crippen LogP contribution in [0.15, 0.2) is 101 Å². The van der Waals surface area contributed by atoms with Crippen LogP contribution in [0.25, 0.3) is 5.76 Å². The van der Waals surface area contributed by atoms with E-state index in [2.05, 4.69) is 11.1 Å². The van der Waals surface area contributed by atoms with Gasteiger partial charge in [-0.3, -0.25) is 14.6 Å². The Bertz CT molecular complexity index is 1410. The number of aliphatic hydroxyl groups is 1. The molecule has 180 valence electrons. The van der Waals surface area contributed by atoms with Crippen molar-refractivity contribution in [3.8, 4) is 5.75 Å². The lowest BCUT2D eigenvalue weighted by Crippen LogP contribution is -2.29. The van der Waals surface area contributed by atoms with Crippen LogP contribution in [0, 0.1) is 6.92 Å². The molecule has 0 bridgehead atoms. The fraction of sp³-hybridized carbons (Fsp3) is 0.138. The molecule has 1 aliphatic heterocycles. The fourth-order valence-electron chi connectivity index (χ4n) is 4.31. The summed E-state index contributed by atoms with van der Waals surface area (Å²) in [6.45, 7) is 2.58. The summed E-state index contributed by atoms with van der Waals surface area (Å²) < 4.78 is 11.4. The minimum absolute atomic E-state index is 0.0210. The third kappa shape index (κ3) is 4.63. The molecular weight excluding hydrogens is 456 g/mol. The third-order valence-corrected chi connectivity index (χ3v) is 6.04. The second-order valence-electron chi connectivity index (χ2n) is 8.61. The maximum absolute atomic E-state index is 13.1. The maximum atomic E-state index is 13.1. The highest BCUT2D eigenvalue weighted by molar-refractivity contribution is 6.46. The lowest BCUT2D eigenvalue weighted by molar-refractivity contribution is -0.140. The van der Waals surface area contributed by atoms with Gasteiger partial charge in [0.15, 0.2) is 0 Å². The molecular formula is C29H24N2O5. The van der Waals surface area contributed by atoms with E-state index in [0.29, 0.717) is 23.7 Å². The molecule has 1 fully saturated rings. The number of pyridine rings is 1. The number of carbonyl (C=O) groups excluding carboxylic acids is 2. The first kappa shape index (κ1) is 23.1. The summed E-state index contributed by atoms with van der Waals surface area (Å²) in [6.07, 6.45) is 4.74. The molecule has 1 saturated heterocycles. The van der Waals surface area contributed by atoms with Crippen molar-refractivity contribution in [2.45, 2.75) is 26.1 Å². The van der Waals surface area contributed by atoms with E-state index in [4.69, 9.17) is 9.15 Å². The van der Waals surface area contributed by atoms with Gasteiger partial charge >= 0.3 is 0 Å². The number of hydrogen-bond donors (Lipinski definition) is 1. The Hall–Kier alpha value is -4.65. The van der Waals surface area contributed by atoms with E-state index in [1.54, 1.807) is 54.9 Å². The van der Waals surface area contributed by atoms with Crippen molar-refractivity contribution in [3.05, 3.63) is 125 Å². The quantitative estimate of drug-likeness (QED) is 0.222. The molecule has 4 aromatic rings. The van der Waals surface area contributed by atoms with Gasteiger partial charge in [-0.25, -0.2) is 0 Å². The highest BCUT2D eigenvalue weighted by Gasteiger charge is 2.47. The predicted octanol–water partition coefficient (Wildman–Crippen LogP) is 5.18. The monoisotopic (exact) mass is 480 g/mol. The van der Waals surface area contributed by atoms with Crippen LogP contribution < -0.4 is 4.74 Å². The average molecular weight is 481 g/mol. The number of aromatic nitrogens is 1. The molecule has 0 radical (unpaired) electrons. The Morgan fingerprint density at radius 3 is 2.53 bits per heavy atom. The normalized spacial score (nSPS) is 16.9. The van der Waals surface area contributed by atoms with Gasteiger partial charge in [-0.05, 0) is 60.5 Å². The Kier molecular flexibility index (Phi) is 6.36. The molecule has 36 heavy (non-hydrogen) atoms. The van der Waals surface area contributed by atoms with Gasteiger partial charge in [0.2, 0.25) is 0 Å². The van der Waals surface area contributed by atoms with Crippen LogP contribution in [-0.2, 0) is 22.7 Å². The van der Waals surface area contributed by atoms with Gasteiger partial charge in [-0.15, -0.1) is 0 Å². The van der Waals surface area contributed by atoms with Crippen LogP contribution in [0.4, 0.5) is 0 Å². The number of ketones is 1. The number of likely N-dealkylation sites (tertiary alicyclic amines) is 1. The van der Waals surface area contributed by atoms with Crippen molar-refractivity contribution in [2.75, 3.05) is 0 Å². The number of nitrogens with zero attached hydrogens (tertiary/aromatic N) is 2. The van der Waals surface area contributed by atoms with Gasteiger partial charge < -0.3 is 19.2 Å². The maximum Gasteiger partial charge on any atom is 0.296 e. The van der Waals surface area contributed by atoms with Crippen molar-refractivity contribution in [1.82, 2.24) is 9.88 Å². The number of benzene rings is 2. The first-order valence-electron chi connectivity index (χ1n) is 11.5. The summed E-state index contributed by atoms with van der Waals surface area (Å²) in [5, 5.41) is 11.2. The van der Waals surface area contributed by atoms with E-state index in [1.807, 2.05) is 31.2 Å². The van der Waals surface area contributed by atoms with Gasteiger partial charge in [-0.1, -0.05) is 35.9 Å². The molecule has 7 heteroatoms. The molecule has 0 aliphatic carbocycles. The van der Waals surface area contributed by atoms with E-state index in [-0.39, 0.29) is 17.9 Å². The number of hydrogen-bond acceptors (Lipinski definition) is 6. The van der Waals surface area contributed by atoms with Crippen molar-refractivity contribution in [3.63, 3.8) is 0 Å². The minimum Gasteiger partial charge on any atom is -0.507 e. The van der Waals surface area contributed by atoms with Crippen LogP contribution in [0.1, 0.15) is 34.1 Å². The van der Waals surface area contributed by atoms with Crippen LogP contribution in [0.2, 0.25) is 0 Å². The SMILES string of the molecule is Cc1cccc(COc2ccc(/C(O)=C3/C(=O)C(=O)N(Cc4cccnc4)C3c3ccco3)cc2)c1. The number of ether oxygens (including phenoxy) is 1. The minimum atomic E-state index is -0.863. The second-order valence-corrected chi connectivity index (χ2v) is 8.61. The number of rotatable bonds is 7. The van der Waals surface area contributed by atoms with Crippen molar-refractivity contribution in [2.24, 2.45) is 0 Å². The Morgan fingerprint density at radius 2 is 1.83 bits per heavy atom. The number of carbonyl (C=O) groups is 2. The molecule has 1 amide bonds. The fourth-order valence-corrected chi connectivity index (χ4v) is 4.31. The zero-order valence-corrected chi connectivity index (χ0v) is 19.6. The zero-order chi connectivity index (χ0) is 25.1. The number of Topliss-reactive ketones (excluding diaryl/α,β-unsaturated/α-hetero) is 1. The summed E-state index contributed by atoms with van der Waals surface area (Å²) in [6, 6.07) is 20.9. The summed E-state index contributed by atoms with van der Waals surface area (Å²) >= 11 is 0. The van der Waals surface area contributed by atoms with Gasteiger partial charge in [0, 0.05) is 24.5 Å². The molecule has 7 nitrogen and oxygen atoms in total. The van der Waals surface area contributed by atoms with Crippen molar-refractivity contribution in [1.29, 1.82) is 0 Å². The highest BCUT2D eigenvalue weighted by Crippen LogP contribution is 2.40. The Labute approximate surface area is 208 Å². The van der Waals surface area contributed by atoms with E-state index >= 15 is 0 Å². The number of aliphatic hydroxyl groups excluding tert-OH is 1. The van der Waals surface area contributed by atoms with Crippen LogP contribution >= 0.6 is 0 Å². The van der Waals surface area contributed by atoms with E-state index < -0.39 is 17.7 Å². The first-order chi connectivity index (χ1) is 17.5. The molecule has 3 heterocycles. The van der Waals surface area contributed by atoms with Crippen LogP contribution in [-0.4, -0.2) is 26.7 Å². The summed E-state index contributed by atoms with van der Waals surface area (Å²) in [5.74, 6) is -0.739. The van der Waals surface area contributed by atoms with E-state index in [9.17, 15) is 14.7 Å². The van der Waals surface area contributed by atoms with Crippen molar-refractivity contribution >= 4 is 17.4 Å². The second kappa shape index (κ2) is 9.92. The standard InChI is InChI=1S/C29H24N2O5/c1-19-5-2-6-20(15-19)18-36-23-11-9-22(10-12-23)27(32)25-26(24-8-4-14-35-24)31(29(34)28(25)33)17-21-7-3-13-30-16-21/h2-16,26,32H,17-18H2,1H3/b27-25-. The van der Waals surface area contributed by atoms with Gasteiger partial charge in [0.1, 0.15) is 29.9 Å². The van der Waals surface area contributed by atoms with E-state index in [0.717, 1.165) is 16.7 Å². The molecule has 2 aromatic carbocycles. The lowest BCUT2D eigenvalue weighted by Gasteiger charge is -2.23. The van der Waals surface area contributed by atoms with Crippen LogP contribution in [0.3, 0.4) is 0 Å². The van der Waals surface area contributed by atoms with E-state index in [1.165, 1.54) is 11.2 Å². The number of aryl methyl sites for hydroxylation is 1. The molecule has 5 rings (SSSR count). The highest BCUT2D eigenvalue weighted by atomic mass is 16.5. The zero-order valence-electron chi connectivity index (χ0n) is 19.6. The average Bonchev–Trinajstić information content (AvgIpc) is 3.51. The first-order valence-corrected chi connectivity index (χ1v) is 11.5.